The first-order valence-corrected chi connectivity index (χ1v) is 30.2. The summed E-state index contributed by atoms with van der Waals surface area (Å²) in [6, 6.07) is 59.7. The lowest BCUT2D eigenvalue weighted by atomic mass is 9.60. The highest BCUT2D eigenvalue weighted by molar-refractivity contribution is 6.32. The van der Waals surface area contributed by atoms with Crippen LogP contribution in [0.2, 0.25) is 40.2 Å². The molecule has 84 heavy (non-hydrogen) atoms. The minimum absolute atomic E-state index is 0.0421. The third kappa shape index (κ3) is 14.8. The molecule has 12 atom stereocenters. The van der Waals surface area contributed by atoms with Gasteiger partial charge < -0.3 is 20.4 Å². The number of hydrogen-bond acceptors (Lipinski definition) is 4. The molecule has 0 aromatic heterocycles. The van der Waals surface area contributed by atoms with Gasteiger partial charge in [0.2, 0.25) is 0 Å². The van der Waals surface area contributed by atoms with Crippen LogP contribution in [0.15, 0.2) is 194 Å². The van der Waals surface area contributed by atoms with E-state index in [9.17, 15) is 39.6 Å². The number of hydrogen-bond donors (Lipinski definition) is 4. The summed E-state index contributed by atoms with van der Waals surface area (Å²) in [5, 5.41) is 43.5. The number of carbonyl (C=O) groups is 4. The molecule has 4 saturated carbocycles. The summed E-state index contributed by atoms with van der Waals surface area (Å²) >= 11 is 47.1. The number of carboxylic acid groups (broad SMARTS) is 4. The molecule has 8 aromatic rings. The van der Waals surface area contributed by atoms with E-state index in [-0.39, 0.29) is 47.3 Å². The monoisotopic (exact) mass is 1280 g/mol. The molecule has 0 aliphatic heterocycles. The van der Waals surface area contributed by atoms with Gasteiger partial charge >= 0.3 is 23.9 Å². The number of carboxylic acids is 4. The summed E-state index contributed by atoms with van der Waals surface area (Å²) in [6.45, 7) is 0. The Morgan fingerprint density at radius 1 is 0.214 bits per heavy atom. The molecule has 12 rings (SSSR count). The maximum atomic E-state index is 11.6. The van der Waals surface area contributed by atoms with Gasteiger partial charge in [-0.05, 0) is 215 Å². The molecule has 0 amide bonds. The van der Waals surface area contributed by atoms with Crippen LogP contribution < -0.4 is 0 Å². The van der Waals surface area contributed by atoms with Crippen molar-refractivity contribution in [1.82, 2.24) is 0 Å². The van der Waals surface area contributed by atoms with E-state index in [4.69, 9.17) is 92.8 Å². The van der Waals surface area contributed by atoms with Gasteiger partial charge in [-0.2, -0.15) is 0 Å². The van der Waals surface area contributed by atoms with E-state index in [2.05, 4.69) is 0 Å². The Morgan fingerprint density at radius 2 is 0.310 bits per heavy atom. The molecule has 0 saturated heterocycles. The SMILES string of the molecule is O=C(O)C1[C@@H](c2ccc(Cl)cc2)C[C@H]1c1ccc(Cl)cc1.O=C(O)C1[C@@H](c2ccc(Cl)cc2)C[C@H]1c1ccc(Cl)cc1.O=C(O)C1[C@@H](c2ccc(Cl)cc2)C[C@H]1c1ccc(Cl)cc1.O=C(O)C1[C@@H](c2ccc(Cl)cc2)C[C@H]1c1ccc(Cl)cc1. The van der Waals surface area contributed by atoms with Crippen molar-refractivity contribution < 1.29 is 39.6 Å². The van der Waals surface area contributed by atoms with Crippen molar-refractivity contribution in [2.45, 2.75) is 73.0 Å². The molecular formula is C68H56Cl8O8. The van der Waals surface area contributed by atoms with E-state index in [0.717, 1.165) is 70.2 Å². The van der Waals surface area contributed by atoms with Crippen molar-refractivity contribution in [3.8, 4) is 0 Å². The summed E-state index contributed by atoms with van der Waals surface area (Å²) in [5.74, 6) is -4.24. The zero-order chi connectivity index (χ0) is 59.9. The topological polar surface area (TPSA) is 149 Å². The lowest BCUT2D eigenvalue weighted by molar-refractivity contribution is -0.148. The predicted molar refractivity (Wildman–Crippen MR) is 337 cm³/mol. The number of rotatable bonds is 12. The van der Waals surface area contributed by atoms with Crippen molar-refractivity contribution >= 4 is 117 Å². The molecule has 8 nitrogen and oxygen atoms in total. The van der Waals surface area contributed by atoms with Gasteiger partial charge in [-0.3, -0.25) is 19.2 Å². The fraction of sp³-hybridized carbons (Fsp3) is 0.235. The zero-order valence-corrected chi connectivity index (χ0v) is 50.7. The maximum absolute atomic E-state index is 11.6. The highest BCUT2D eigenvalue weighted by Crippen LogP contribution is 2.56. The highest BCUT2D eigenvalue weighted by Gasteiger charge is 2.50. The van der Waals surface area contributed by atoms with E-state index in [1.807, 2.05) is 194 Å². The van der Waals surface area contributed by atoms with Crippen LogP contribution in [0.5, 0.6) is 0 Å². The summed E-state index contributed by atoms with van der Waals surface area (Å²) in [6.07, 6.45) is 3.33. The fourth-order valence-corrected chi connectivity index (χ4v) is 13.4. The standard InChI is InChI=1S/4C17H14Cl2O2/c4*18-12-5-1-10(2-6-12)14-9-15(16(14)17(20)21)11-3-7-13(19)8-4-11/h4*1-8,14-16H,9H2,(H,20,21)/t4*14-,15+,16?. The summed E-state index contributed by atoms with van der Waals surface area (Å²) in [7, 11) is 0. The third-order valence-electron chi connectivity index (χ3n) is 17.0. The maximum Gasteiger partial charge on any atom is 0.307 e. The molecule has 4 aliphatic rings. The van der Waals surface area contributed by atoms with Gasteiger partial charge in [0.1, 0.15) is 0 Å². The lowest BCUT2D eigenvalue weighted by Crippen LogP contribution is -2.38. The minimum Gasteiger partial charge on any atom is -0.481 e. The Labute approximate surface area is 527 Å². The summed E-state index contributed by atoms with van der Waals surface area (Å²) in [4.78, 5) is 46.5. The average molecular weight is 1280 g/mol. The van der Waals surface area contributed by atoms with Crippen LogP contribution in [-0.2, 0) is 19.2 Å². The molecule has 0 radical (unpaired) electrons. The molecule has 0 spiro atoms. The van der Waals surface area contributed by atoms with Crippen molar-refractivity contribution in [1.29, 1.82) is 0 Å². The molecule has 4 aliphatic carbocycles. The largest absolute Gasteiger partial charge is 0.481 e. The van der Waals surface area contributed by atoms with Gasteiger partial charge in [-0.25, -0.2) is 0 Å². The Morgan fingerprint density at radius 3 is 0.393 bits per heavy atom. The van der Waals surface area contributed by atoms with E-state index < -0.39 is 47.5 Å². The minimum atomic E-state index is -0.749. The molecule has 0 heterocycles. The number of aliphatic carboxylic acids is 4. The summed E-state index contributed by atoms with van der Waals surface area (Å²) in [5.41, 5.74) is 8.31. The summed E-state index contributed by atoms with van der Waals surface area (Å²) < 4.78 is 0. The second-order valence-electron chi connectivity index (χ2n) is 21.7. The van der Waals surface area contributed by atoms with Crippen LogP contribution in [0.4, 0.5) is 0 Å². The van der Waals surface area contributed by atoms with Crippen molar-refractivity contribution in [3.63, 3.8) is 0 Å². The van der Waals surface area contributed by atoms with Crippen molar-refractivity contribution in [3.05, 3.63) is 279 Å². The van der Waals surface area contributed by atoms with Crippen molar-refractivity contribution in [2.75, 3.05) is 0 Å². The quantitative estimate of drug-likeness (QED) is 0.0945. The second kappa shape index (κ2) is 28.0. The van der Waals surface area contributed by atoms with Gasteiger partial charge in [0.15, 0.2) is 0 Å². The van der Waals surface area contributed by atoms with Crippen LogP contribution in [0.3, 0.4) is 0 Å². The highest BCUT2D eigenvalue weighted by atomic mass is 35.5. The zero-order valence-electron chi connectivity index (χ0n) is 44.7. The van der Waals surface area contributed by atoms with E-state index in [1.54, 1.807) is 0 Å². The number of halogens is 8. The molecule has 432 valence electrons. The van der Waals surface area contributed by atoms with Crippen LogP contribution in [0.25, 0.3) is 0 Å². The third-order valence-corrected chi connectivity index (χ3v) is 19.0. The normalized spacial score (nSPS) is 24.4. The van der Waals surface area contributed by atoms with Gasteiger partial charge in [-0.15, -0.1) is 0 Å². The Bertz CT molecular complexity index is 2870. The van der Waals surface area contributed by atoms with E-state index >= 15 is 0 Å². The number of benzene rings is 8. The average Bonchev–Trinajstić information content (AvgIpc) is 1.68. The van der Waals surface area contributed by atoms with Crippen LogP contribution in [0, 0.1) is 23.7 Å². The van der Waals surface area contributed by atoms with E-state index in [0.29, 0.717) is 40.2 Å². The van der Waals surface area contributed by atoms with E-state index in [1.165, 1.54) is 0 Å². The van der Waals surface area contributed by atoms with Gasteiger partial charge in [-0.1, -0.05) is 190 Å². The molecule has 16 heteroatoms. The van der Waals surface area contributed by atoms with Crippen molar-refractivity contribution in [2.24, 2.45) is 23.7 Å². The Balaban J connectivity index is 0.000000134. The first kappa shape index (κ1) is 62.5. The van der Waals surface area contributed by atoms with Gasteiger partial charge in [0.25, 0.3) is 0 Å². The molecule has 4 unspecified atom stereocenters. The smallest absolute Gasteiger partial charge is 0.307 e. The predicted octanol–water partition coefficient (Wildman–Crippen LogP) is 19.9. The van der Waals surface area contributed by atoms with Crippen LogP contribution in [0.1, 0.15) is 118 Å². The molecule has 4 fully saturated rings. The van der Waals surface area contributed by atoms with Gasteiger partial charge in [0.05, 0.1) is 23.7 Å². The molecular weight excluding hydrogens is 1230 g/mol. The Kier molecular flexibility index (Phi) is 20.8. The first-order valence-electron chi connectivity index (χ1n) is 27.2. The molecule has 8 aromatic carbocycles. The molecule has 0 bridgehead atoms. The van der Waals surface area contributed by atoms with Crippen LogP contribution >= 0.6 is 92.8 Å². The van der Waals surface area contributed by atoms with Gasteiger partial charge in [0, 0.05) is 40.2 Å². The first-order chi connectivity index (χ1) is 40.2. The lowest BCUT2D eigenvalue weighted by Gasteiger charge is -2.42. The second-order valence-corrected chi connectivity index (χ2v) is 25.2. The van der Waals surface area contributed by atoms with Crippen LogP contribution in [-0.4, -0.2) is 44.3 Å². The fourth-order valence-electron chi connectivity index (χ4n) is 12.4. The Hall–Kier alpha value is -6.04. The molecule has 4 N–H and O–H groups in total.